The number of imidazole rings is 1. The fraction of sp³-hybridized carbons (Fsp3) is 0.256. The van der Waals surface area contributed by atoms with Gasteiger partial charge in [0.05, 0.1) is 36.3 Å². The third-order valence-electron chi connectivity index (χ3n) is 8.93. The maximum Gasteiger partial charge on any atom is 0.328 e. The number of ether oxygens (including phenoxy) is 1. The molecule has 0 spiro atoms. The van der Waals surface area contributed by atoms with Crippen LogP contribution in [-0.4, -0.2) is 104 Å². The average molecular weight is 774 g/mol. The zero-order valence-corrected chi connectivity index (χ0v) is 31.2. The van der Waals surface area contributed by atoms with Gasteiger partial charge < -0.3 is 35.7 Å². The number of H-pyrrole nitrogens is 1. The Labute approximate surface area is 327 Å². The fourth-order valence-corrected chi connectivity index (χ4v) is 6.11. The number of benzene rings is 3. The molecule has 292 valence electrons. The monoisotopic (exact) mass is 773 g/mol. The molecule has 2 aromatic heterocycles. The second-order valence-corrected chi connectivity index (χ2v) is 12.8. The summed E-state index contributed by atoms with van der Waals surface area (Å²) in [5.41, 5.74) is 3.90. The van der Waals surface area contributed by atoms with E-state index in [1.165, 1.54) is 25.5 Å². The van der Waals surface area contributed by atoms with E-state index in [0.717, 1.165) is 11.1 Å². The number of rotatable bonds is 15. The van der Waals surface area contributed by atoms with E-state index in [-0.39, 0.29) is 36.5 Å². The Morgan fingerprint density at radius 3 is 2.51 bits per heavy atom. The Hall–Kier alpha value is -7.26. The standard InChI is InChI=1S/C39H40FN13O4/c1-4-43-34(54)33(42-2)35(55)53-16-14-52(15-17-53)23-26-6-5-7-28(18-26)45-38-49-37(44-22-32-46-29-13-12-27(40)20-30(29)47-32)50-39(51-38)48-31(36(56)57-3)19-24-8-10-25(21-41)11-9-24/h4-13,18,20,31,54H,2,14-17,19,22-23H2,1,3H3,(H,46,47)(H3,44,45,48,49,50,51)/b34-33+,43-4-/t31-/m0/s1. The highest BCUT2D eigenvalue weighted by Gasteiger charge is 2.26. The SMILES string of the molecule is C=N/C(C(=O)N1CCN(Cc2cccc(Nc3nc(NCc4nc5cc(F)ccc5[nH]4)nc(N[C@@H](Cc4ccc(C#N)cc4)C(=O)OC)n3)c2)CC1)=C(O)\N=C/C. The average Bonchev–Trinajstić information content (AvgIpc) is 3.62. The van der Waals surface area contributed by atoms with Crippen molar-refractivity contribution in [1.82, 2.24) is 34.7 Å². The molecule has 0 aliphatic carbocycles. The van der Waals surface area contributed by atoms with Gasteiger partial charge in [-0.1, -0.05) is 24.3 Å². The van der Waals surface area contributed by atoms with Gasteiger partial charge in [-0.2, -0.15) is 20.2 Å². The van der Waals surface area contributed by atoms with Crippen molar-refractivity contribution in [2.24, 2.45) is 9.98 Å². The van der Waals surface area contributed by atoms with Gasteiger partial charge in [0.25, 0.3) is 5.91 Å². The number of nitrogens with one attached hydrogen (secondary N) is 4. The van der Waals surface area contributed by atoms with Crippen LogP contribution in [0.5, 0.6) is 0 Å². The lowest BCUT2D eigenvalue weighted by Gasteiger charge is -2.34. The van der Waals surface area contributed by atoms with E-state index in [9.17, 15) is 24.3 Å². The largest absolute Gasteiger partial charge is 0.492 e. The van der Waals surface area contributed by atoms with Gasteiger partial charge in [-0.15, -0.1) is 0 Å². The smallest absolute Gasteiger partial charge is 0.328 e. The number of hydrogen-bond donors (Lipinski definition) is 5. The molecule has 5 N–H and O–H groups in total. The van der Waals surface area contributed by atoms with E-state index in [2.05, 4.69) is 68.5 Å². The molecule has 6 rings (SSSR count). The molecule has 3 heterocycles. The van der Waals surface area contributed by atoms with Crippen LogP contribution in [0.3, 0.4) is 0 Å². The summed E-state index contributed by atoms with van der Waals surface area (Å²) in [5.74, 6) is -0.921. The first-order valence-corrected chi connectivity index (χ1v) is 17.9. The number of aliphatic imine (C=N–C) groups is 2. The summed E-state index contributed by atoms with van der Waals surface area (Å²) >= 11 is 0. The summed E-state index contributed by atoms with van der Waals surface area (Å²) in [5, 5.41) is 28.8. The van der Waals surface area contributed by atoms with Crippen molar-refractivity contribution >= 4 is 59.4 Å². The number of esters is 1. The molecule has 57 heavy (non-hydrogen) atoms. The number of aliphatic hydroxyl groups is 1. The van der Waals surface area contributed by atoms with Crippen molar-refractivity contribution in [3.05, 3.63) is 107 Å². The van der Waals surface area contributed by atoms with Crippen LogP contribution in [0.4, 0.5) is 27.9 Å². The normalized spacial score (nSPS) is 14.1. The van der Waals surface area contributed by atoms with Crippen LogP contribution in [-0.2, 0) is 33.8 Å². The Balaban J connectivity index is 1.18. The molecule has 1 atom stereocenters. The van der Waals surface area contributed by atoms with Gasteiger partial charge in [0.15, 0.2) is 5.70 Å². The molecular weight excluding hydrogens is 734 g/mol. The number of hydrogen-bond acceptors (Lipinski definition) is 15. The number of piperazine rings is 1. The van der Waals surface area contributed by atoms with Gasteiger partial charge in [0.2, 0.25) is 23.7 Å². The number of amides is 1. The molecule has 18 heteroatoms. The van der Waals surface area contributed by atoms with Gasteiger partial charge in [0.1, 0.15) is 17.7 Å². The topological polar surface area (TPSA) is 222 Å². The van der Waals surface area contributed by atoms with Gasteiger partial charge in [-0.05, 0) is 61.2 Å². The molecular formula is C39H40FN13O4. The molecule has 1 aliphatic rings. The number of carbonyl (C=O) groups excluding carboxylic acids is 2. The number of aliphatic hydroxyl groups excluding tert-OH is 1. The summed E-state index contributed by atoms with van der Waals surface area (Å²) in [6.45, 7) is 7.83. The molecule has 1 amide bonds. The molecule has 3 aromatic carbocycles. The zero-order chi connectivity index (χ0) is 40.3. The summed E-state index contributed by atoms with van der Waals surface area (Å²) in [6.07, 6.45) is 1.59. The molecule has 0 unspecified atom stereocenters. The lowest BCUT2D eigenvalue weighted by Crippen LogP contribution is -2.48. The minimum atomic E-state index is -0.887. The van der Waals surface area contributed by atoms with Gasteiger partial charge in [-0.3, -0.25) is 14.7 Å². The first-order chi connectivity index (χ1) is 27.6. The molecule has 0 bridgehead atoms. The fourth-order valence-electron chi connectivity index (χ4n) is 6.11. The van der Waals surface area contributed by atoms with E-state index in [0.29, 0.717) is 60.8 Å². The number of aromatic nitrogens is 5. The Kier molecular flexibility index (Phi) is 12.7. The van der Waals surface area contributed by atoms with E-state index < -0.39 is 29.6 Å². The first-order valence-electron chi connectivity index (χ1n) is 17.9. The maximum absolute atomic E-state index is 13.8. The number of halogens is 1. The van der Waals surface area contributed by atoms with Crippen LogP contribution >= 0.6 is 0 Å². The zero-order valence-electron chi connectivity index (χ0n) is 31.2. The highest BCUT2D eigenvalue weighted by molar-refractivity contribution is 5.94. The third-order valence-corrected chi connectivity index (χ3v) is 8.93. The maximum atomic E-state index is 13.8. The Bertz CT molecular complexity index is 2350. The van der Waals surface area contributed by atoms with Crippen LogP contribution in [0.25, 0.3) is 11.0 Å². The predicted molar refractivity (Wildman–Crippen MR) is 212 cm³/mol. The molecule has 17 nitrogen and oxygen atoms in total. The van der Waals surface area contributed by atoms with Crippen molar-refractivity contribution in [3.8, 4) is 6.07 Å². The highest BCUT2D eigenvalue weighted by atomic mass is 19.1. The Morgan fingerprint density at radius 1 is 1.04 bits per heavy atom. The molecule has 1 fully saturated rings. The van der Waals surface area contributed by atoms with Crippen LogP contribution in [0, 0.1) is 17.1 Å². The van der Waals surface area contributed by atoms with Crippen molar-refractivity contribution in [1.29, 1.82) is 5.26 Å². The number of fused-ring (bicyclic) bond motifs is 1. The van der Waals surface area contributed by atoms with E-state index in [1.54, 1.807) is 42.2 Å². The molecule has 5 aromatic rings. The summed E-state index contributed by atoms with van der Waals surface area (Å²) in [7, 11) is 1.29. The second kappa shape index (κ2) is 18.4. The lowest BCUT2D eigenvalue weighted by molar-refractivity contribution is -0.141. The summed E-state index contributed by atoms with van der Waals surface area (Å²) in [4.78, 5) is 58.4. The molecule has 1 saturated heterocycles. The number of nitrogens with zero attached hydrogens (tertiary/aromatic N) is 9. The number of carbonyl (C=O) groups is 2. The Morgan fingerprint density at radius 2 is 1.79 bits per heavy atom. The highest BCUT2D eigenvalue weighted by Crippen LogP contribution is 2.21. The molecule has 0 radical (unpaired) electrons. The van der Waals surface area contributed by atoms with Crippen molar-refractivity contribution in [2.45, 2.75) is 32.5 Å². The third kappa shape index (κ3) is 10.3. The molecule has 0 saturated carbocycles. The molecule has 1 aliphatic heterocycles. The van der Waals surface area contributed by atoms with E-state index >= 15 is 0 Å². The minimum absolute atomic E-state index is 0.0776. The van der Waals surface area contributed by atoms with E-state index in [4.69, 9.17) is 4.74 Å². The number of methoxy groups -OCH3 is 1. The quantitative estimate of drug-likeness (QED) is 0.0429. The summed E-state index contributed by atoms with van der Waals surface area (Å²) < 4.78 is 18.9. The van der Waals surface area contributed by atoms with Crippen molar-refractivity contribution < 1.29 is 23.8 Å². The van der Waals surface area contributed by atoms with Crippen LogP contribution in [0.1, 0.15) is 29.4 Å². The predicted octanol–water partition coefficient (Wildman–Crippen LogP) is 4.47. The summed E-state index contributed by atoms with van der Waals surface area (Å²) in [6, 6.07) is 20.1. The van der Waals surface area contributed by atoms with Crippen molar-refractivity contribution in [2.75, 3.05) is 49.2 Å². The van der Waals surface area contributed by atoms with Crippen LogP contribution < -0.4 is 16.0 Å². The number of anilines is 4. The van der Waals surface area contributed by atoms with Gasteiger partial charge >= 0.3 is 5.97 Å². The number of nitriles is 1. The minimum Gasteiger partial charge on any atom is -0.492 e. The number of aromatic amines is 1. The van der Waals surface area contributed by atoms with Crippen LogP contribution in [0.2, 0.25) is 0 Å². The lowest BCUT2D eigenvalue weighted by atomic mass is 10.0. The van der Waals surface area contributed by atoms with E-state index in [1.807, 2.05) is 24.3 Å². The second-order valence-electron chi connectivity index (χ2n) is 12.8. The van der Waals surface area contributed by atoms with Gasteiger partial charge in [0, 0.05) is 57.1 Å². The van der Waals surface area contributed by atoms with Crippen molar-refractivity contribution in [3.63, 3.8) is 0 Å². The van der Waals surface area contributed by atoms with Crippen LogP contribution in [0.15, 0.2) is 88.3 Å². The van der Waals surface area contributed by atoms with Gasteiger partial charge in [-0.25, -0.2) is 19.2 Å². The first kappa shape index (κ1) is 39.4.